The van der Waals surface area contributed by atoms with Crippen molar-refractivity contribution < 1.29 is 16.1 Å². The van der Waals surface area contributed by atoms with Crippen LogP contribution in [-0.4, -0.2) is 38.4 Å². The normalized spacial score (nSPS) is 16.5. The van der Waals surface area contributed by atoms with Crippen molar-refractivity contribution in [2.75, 3.05) is 22.7 Å². The van der Waals surface area contributed by atoms with Gasteiger partial charge >= 0.3 is 0 Å². The van der Waals surface area contributed by atoms with Crippen molar-refractivity contribution in [2.24, 2.45) is 0 Å². The quantitative estimate of drug-likeness (QED) is 0.455. The molecule has 1 aliphatic heterocycles. The summed E-state index contributed by atoms with van der Waals surface area (Å²) in [4.78, 5) is 18.5. The van der Waals surface area contributed by atoms with Crippen molar-refractivity contribution in [2.45, 2.75) is 23.8 Å². The highest BCUT2D eigenvalue weighted by Crippen LogP contribution is 2.26. The first kappa shape index (κ1) is 23.0. The average molecular weight is 515 g/mol. The predicted octanol–water partition coefficient (Wildman–Crippen LogP) is 4.68. The summed E-state index contributed by atoms with van der Waals surface area (Å²) in [5.41, 5.74) is 1.51. The number of nitrogens with one attached hydrogen (secondary N) is 2. The molecule has 1 aliphatic rings. The van der Waals surface area contributed by atoms with Gasteiger partial charge in [0.1, 0.15) is 0 Å². The van der Waals surface area contributed by atoms with Gasteiger partial charge in [-0.1, -0.05) is 29.3 Å². The third kappa shape index (κ3) is 5.07. The van der Waals surface area contributed by atoms with Crippen LogP contribution in [0.4, 0.5) is 10.8 Å². The molecule has 0 spiro atoms. The van der Waals surface area contributed by atoms with Crippen LogP contribution in [-0.2, 0) is 21.2 Å². The van der Waals surface area contributed by atoms with E-state index in [1.165, 1.54) is 29.7 Å². The Morgan fingerprint density at radius 1 is 1.16 bits per heavy atom. The molecule has 2 heterocycles. The van der Waals surface area contributed by atoms with E-state index in [0.717, 1.165) is 5.56 Å². The Bertz CT molecular complexity index is 1190. The standard InChI is InChI=1S/C21H20Cl2N4O3S2.2H2/c22-17-2-1-3-18(23)16(17)8-10-24-19-9-12-27(20(19)28)14-4-6-15(7-5-14)32(29,30)26-21-25-11-13-31-21;;/h1-7,11,13,19,24H,8-10,12H2,(H,25,26);2*1H. The molecular weight excluding hydrogens is 491 g/mol. The Hall–Kier alpha value is -2.17. The SMILES string of the molecule is O=C1C(NCCc2c(Cl)cccc2Cl)CCN1c1ccc(S(=O)(=O)Nc2nccs2)cc1.[HH].[HH]. The number of benzene rings is 2. The second-order valence-corrected chi connectivity index (χ2v) is 10.6. The van der Waals surface area contributed by atoms with Gasteiger partial charge in [-0.2, -0.15) is 0 Å². The molecule has 11 heteroatoms. The molecule has 172 valence electrons. The number of amides is 1. The van der Waals surface area contributed by atoms with E-state index in [9.17, 15) is 13.2 Å². The van der Waals surface area contributed by atoms with Gasteiger partial charge in [0, 0.05) is 43.3 Å². The molecule has 0 aliphatic carbocycles. The molecule has 7 nitrogen and oxygen atoms in total. The van der Waals surface area contributed by atoms with Crippen molar-refractivity contribution >= 4 is 61.3 Å². The van der Waals surface area contributed by atoms with Crippen LogP contribution in [0.25, 0.3) is 0 Å². The molecule has 1 aromatic heterocycles. The van der Waals surface area contributed by atoms with Gasteiger partial charge in [0.2, 0.25) is 5.91 Å². The lowest BCUT2D eigenvalue weighted by molar-refractivity contribution is -0.118. The van der Waals surface area contributed by atoms with Crippen LogP contribution in [0.15, 0.2) is 58.9 Å². The van der Waals surface area contributed by atoms with Crippen LogP contribution in [0.5, 0.6) is 0 Å². The lowest BCUT2D eigenvalue weighted by Gasteiger charge is -2.18. The molecule has 1 saturated heterocycles. The maximum Gasteiger partial charge on any atom is 0.263 e. The van der Waals surface area contributed by atoms with Gasteiger partial charge in [0.15, 0.2) is 5.13 Å². The minimum atomic E-state index is -3.73. The number of hydrogen-bond acceptors (Lipinski definition) is 6. The fourth-order valence-corrected chi connectivity index (χ4v) is 5.90. The molecule has 2 N–H and O–H groups in total. The molecule has 1 atom stereocenters. The second kappa shape index (κ2) is 9.76. The van der Waals surface area contributed by atoms with E-state index in [4.69, 9.17) is 23.2 Å². The van der Waals surface area contributed by atoms with E-state index >= 15 is 0 Å². The lowest BCUT2D eigenvalue weighted by atomic mass is 10.1. The van der Waals surface area contributed by atoms with E-state index in [1.807, 2.05) is 0 Å². The number of aromatic nitrogens is 1. The summed E-state index contributed by atoms with van der Waals surface area (Å²) in [6.07, 6.45) is 2.79. The minimum absolute atomic E-state index is 0. The molecule has 2 aromatic carbocycles. The highest BCUT2D eigenvalue weighted by atomic mass is 35.5. The Morgan fingerprint density at radius 2 is 1.88 bits per heavy atom. The zero-order valence-electron chi connectivity index (χ0n) is 16.8. The molecule has 0 saturated carbocycles. The van der Waals surface area contributed by atoms with E-state index in [-0.39, 0.29) is 19.7 Å². The first-order chi connectivity index (χ1) is 15.3. The number of anilines is 2. The smallest absolute Gasteiger partial charge is 0.263 e. The molecule has 0 radical (unpaired) electrons. The molecule has 1 unspecified atom stereocenters. The van der Waals surface area contributed by atoms with Gasteiger partial charge in [-0.05, 0) is 54.8 Å². The number of thiazole rings is 1. The number of carbonyl (C=O) groups is 1. The topological polar surface area (TPSA) is 91.4 Å². The van der Waals surface area contributed by atoms with Crippen molar-refractivity contribution in [3.63, 3.8) is 0 Å². The third-order valence-corrected chi connectivity index (χ3v) is 8.03. The maximum absolute atomic E-state index is 12.8. The summed E-state index contributed by atoms with van der Waals surface area (Å²) < 4.78 is 27.4. The monoisotopic (exact) mass is 514 g/mol. The number of rotatable bonds is 8. The van der Waals surface area contributed by atoms with Crippen LogP contribution in [0.1, 0.15) is 14.8 Å². The summed E-state index contributed by atoms with van der Waals surface area (Å²) in [5.74, 6) is -0.0493. The minimum Gasteiger partial charge on any atom is -0.311 e. The van der Waals surface area contributed by atoms with Gasteiger partial charge in [0.25, 0.3) is 10.0 Å². The molecule has 0 bridgehead atoms. The molecule has 32 heavy (non-hydrogen) atoms. The van der Waals surface area contributed by atoms with E-state index in [0.29, 0.717) is 46.8 Å². The van der Waals surface area contributed by atoms with Crippen molar-refractivity contribution in [3.05, 3.63) is 69.7 Å². The Morgan fingerprint density at radius 3 is 2.53 bits per heavy atom. The Balaban J connectivity index is 0.00000204. The van der Waals surface area contributed by atoms with Crippen LogP contribution in [0.3, 0.4) is 0 Å². The fourth-order valence-electron chi connectivity index (χ4n) is 3.52. The fraction of sp³-hybridized carbons (Fsp3) is 0.238. The highest BCUT2D eigenvalue weighted by molar-refractivity contribution is 7.93. The molecule has 4 rings (SSSR count). The maximum atomic E-state index is 12.8. The summed E-state index contributed by atoms with van der Waals surface area (Å²) in [7, 11) is -3.73. The Kier molecular flexibility index (Phi) is 7.02. The van der Waals surface area contributed by atoms with Crippen LogP contribution in [0.2, 0.25) is 10.0 Å². The van der Waals surface area contributed by atoms with E-state index in [1.54, 1.807) is 40.6 Å². The zero-order valence-corrected chi connectivity index (χ0v) is 19.9. The van der Waals surface area contributed by atoms with Gasteiger partial charge in [-0.3, -0.25) is 9.52 Å². The summed E-state index contributed by atoms with van der Waals surface area (Å²) >= 11 is 13.6. The van der Waals surface area contributed by atoms with Crippen LogP contribution >= 0.6 is 34.5 Å². The van der Waals surface area contributed by atoms with Gasteiger partial charge in [-0.25, -0.2) is 13.4 Å². The van der Waals surface area contributed by atoms with Gasteiger partial charge < -0.3 is 10.2 Å². The van der Waals surface area contributed by atoms with Crippen molar-refractivity contribution in [1.29, 1.82) is 0 Å². The lowest BCUT2D eigenvalue weighted by Crippen LogP contribution is -2.39. The predicted molar refractivity (Wildman–Crippen MR) is 133 cm³/mol. The van der Waals surface area contributed by atoms with Crippen LogP contribution < -0.4 is 14.9 Å². The summed E-state index contributed by atoms with van der Waals surface area (Å²) in [6, 6.07) is 11.3. The van der Waals surface area contributed by atoms with Crippen LogP contribution in [0, 0.1) is 0 Å². The number of nitrogens with zero attached hydrogens (tertiary/aromatic N) is 2. The zero-order chi connectivity index (χ0) is 22.7. The largest absolute Gasteiger partial charge is 0.311 e. The van der Waals surface area contributed by atoms with E-state index < -0.39 is 10.0 Å². The molecule has 1 fully saturated rings. The first-order valence-corrected chi connectivity index (χ1v) is 13.0. The molecule has 3 aromatic rings. The molecule has 1 amide bonds. The summed E-state index contributed by atoms with van der Waals surface area (Å²) in [6.45, 7) is 1.11. The number of carbonyl (C=O) groups excluding carboxylic acids is 1. The number of halogens is 2. The van der Waals surface area contributed by atoms with Crippen molar-refractivity contribution in [3.8, 4) is 0 Å². The Labute approximate surface area is 203 Å². The molecular formula is C21H24Cl2N4O3S2. The number of hydrogen-bond donors (Lipinski definition) is 2. The van der Waals surface area contributed by atoms with Crippen molar-refractivity contribution in [1.82, 2.24) is 10.3 Å². The third-order valence-electron chi connectivity index (χ3n) is 5.15. The summed E-state index contributed by atoms with van der Waals surface area (Å²) in [5, 5.41) is 6.48. The second-order valence-electron chi connectivity index (χ2n) is 7.17. The first-order valence-electron chi connectivity index (χ1n) is 9.85. The van der Waals surface area contributed by atoms with Gasteiger partial charge in [-0.15, -0.1) is 11.3 Å². The highest BCUT2D eigenvalue weighted by Gasteiger charge is 2.32. The van der Waals surface area contributed by atoms with Gasteiger partial charge in [0.05, 0.1) is 10.9 Å². The number of sulfonamides is 1. The van der Waals surface area contributed by atoms with E-state index in [2.05, 4.69) is 15.0 Å². The average Bonchev–Trinajstić information content (AvgIpc) is 3.40.